The van der Waals surface area contributed by atoms with E-state index in [1.54, 1.807) is 12.2 Å². The zero-order chi connectivity index (χ0) is 16.7. The van der Waals surface area contributed by atoms with Gasteiger partial charge in [0.25, 0.3) is 0 Å². The van der Waals surface area contributed by atoms with Crippen molar-refractivity contribution in [2.24, 2.45) is 0 Å². The average Bonchev–Trinajstić information content (AvgIpc) is 3.21. The van der Waals surface area contributed by atoms with Crippen molar-refractivity contribution in [3.8, 4) is 0 Å². The molecule has 0 aromatic heterocycles. The molecule has 0 aliphatic heterocycles. The summed E-state index contributed by atoms with van der Waals surface area (Å²) in [5.41, 5.74) is 3.35. The summed E-state index contributed by atoms with van der Waals surface area (Å²) in [6.07, 6.45) is 12.9. The molecule has 24 heavy (non-hydrogen) atoms. The van der Waals surface area contributed by atoms with Crippen molar-refractivity contribution in [3.05, 3.63) is 106 Å². The number of nitrogens with zero attached hydrogens (tertiary/aromatic N) is 2. The molecule has 5 heteroatoms. The molecule has 1 aromatic carbocycles. The SMILES string of the molecule is CN(C)CC1=CC(=C2C=C[C-]([N+](=O)[O-])C=C2)C=C1.[Fe+2].c1cc[cH-]c1. The molecule has 2 aliphatic rings. The van der Waals surface area contributed by atoms with E-state index in [2.05, 4.69) is 17.1 Å². The molecule has 126 valence electrons. The summed E-state index contributed by atoms with van der Waals surface area (Å²) in [5.74, 6) is 0. The van der Waals surface area contributed by atoms with Crippen LogP contribution in [0.1, 0.15) is 0 Å². The maximum atomic E-state index is 10.6. The molecule has 1 aromatic rings. The number of likely N-dealkylation sites (N-methyl/N-ethyl adjacent to an activating group) is 1. The maximum absolute atomic E-state index is 10.6. The van der Waals surface area contributed by atoms with Gasteiger partial charge in [0.15, 0.2) is 6.04 Å². The summed E-state index contributed by atoms with van der Waals surface area (Å²) >= 11 is 0. The molecule has 0 amide bonds. The number of hydrogen-bond acceptors (Lipinski definition) is 3. The molecule has 3 rings (SSSR count). The van der Waals surface area contributed by atoms with Gasteiger partial charge in [-0.25, -0.2) is 12.1 Å². The minimum atomic E-state index is -0.383. The van der Waals surface area contributed by atoms with Gasteiger partial charge < -0.3 is 4.90 Å². The second-order valence-electron chi connectivity index (χ2n) is 5.51. The Morgan fingerprint density at radius 3 is 2.17 bits per heavy atom. The Hall–Kier alpha value is -2.20. The molecule has 0 bridgehead atoms. The fourth-order valence-corrected chi connectivity index (χ4v) is 2.23. The number of rotatable bonds is 3. The van der Waals surface area contributed by atoms with E-state index in [-0.39, 0.29) is 28.0 Å². The van der Waals surface area contributed by atoms with Gasteiger partial charge >= 0.3 is 17.1 Å². The number of nitro groups is 1. The van der Waals surface area contributed by atoms with Crippen LogP contribution in [-0.4, -0.2) is 30.5 Å². The smallest absolute Gasteiger partial charge is 0.305 e. The van der Waals surface area contributed by atoms with Crippen LogP contribution >= 0.6 is 0 Å². The molecule has 0 atom stereocenters. The van der Waals surface area contributed by atoms with Crippen LogP contribution in [0.25, 0.3) is 0 Å². The largest absolute Gasteiger partial charge is 2.00 e. The van der Waals surface area contributed by atoms with Gasteiger partial charge in [0.05, 0.1) is 0 Å². The van der Waals surface area contributed by atoms with Crippen molar-refractivity contribution in [3.63, 3.8) is 0 Å². The molecule has 0 radical (unpaired) electrons. The van der Waals surface area contributed by atoms with Crippen LogP contribution in [0.15, 0.2) is 89.6 Å². The summed E-state index contributed by atoms with van der Waals surface area (Å²) in [4.78, 5) is 12.3. The first kappa shape index (κ1) is 19.8. The fraction of sp³-hybridized carbons (Fsp3) is 0.158. The first-order chi connectivity index (χ1) is 11.1. The molecule has 0 unspecified atom stereocenters. The van der Waals surface area contributed by atoms with Gasteiger partial charge in [-0.15, -0.1) is 5.57 Å². The van der Waals surface area contributed by atoms with Crippen molar-refractivity contribution in [2.75, 3.05) is 20.6 Å². The van der Waals surface area contributed by atoms with E-state index in [0.29, 0.717) is 0 Å². The Morgan fingerprint density at radius 2 is 1.71 bits per heavy atom. The first-order valence-electron chi connectivity index (χ1n) is 7.38. The molecule has 0 fully saturated rings. The summed E-state index contributed by atoms with van der Waals surface area (Å²) < 4.78 is 0. The Balaban J connectivity index is 0.000000412. The Morgan fingerprint density at radius 1 is 1.08 bits per heavy atom. The predicted octanol–water partition coefficient (Wildman–Crippen LogP) is 3.68. The minimum Gasteiger partial charge on any atom is -0.305 e. The Bertz CT molecular complexity index is 647. The van der Waals surface area contributed by atoms with Crippen molar-refractivity contribution >= 4 is 0 Å². The normalized spacial score (nSPS) is 15.1. The van der Waals surface area contributed by atoms with Crippen LogP contribution in [0.2, 0.25) is 0 Å². The maximum Gasteiger partial charge on any atom is 2.00 e. The second-order valence-corrected chi connectivity index (χ2v) is 5.51. The average molecular weight is 364 g/mol. The standard InChI is InChI=1S/C14H15N2O2.C5H5.Fe/c1-15(2)10-11-3-4-13(9-11)12-5-7-14(8-6-12)16(17)18;1-2-4-5-3-1;/h3-9H,10H2,1-2H3;1-5H;/q2*-1;+2. The molecule has 0 saturated heterocycles. The number of allylic oxidation sites excluding steroid dienone is 6. The van der Waals surface area contributed by atoms with Crippen LogP contribution in [0.5, 0.6) is 0 Å². The summed E-state index contributed by atoms with van der Waals surface area (Å²) in [7, 11) is 4.05. The molecule has 0 saturated carbocycles. The predicted molar refractivity (Wildman–Crippen MR) is 93.4 cm³/mol. The van der Waals surface area contributed by atoms with Gasteiger partial charge in [-0.3, -0.25) is 10.1 Å². The Labute approximate surface area is 153 Å². The van der Waals surface area contributed by atoms with Crippen LogP contribution < -0.4 is 0 Å². The summed E-state index contributed by atoms with van der Waals surface area (Å²) in [6.45, 7) is 0.896. The van der Waals surface area contributed by atoms with E-state index >= 15 is 0 Å². The van der Waals surface area contributed by atoms with Crippen molar-refractivity contribution in [1.29, 1.82) is 0 Å². The van der Waals surface area contributed by atoms with E-state index in [1.807, 2.05) is 50.5 Å². The molecule has 2 aliphatic carbocycles. The second kappa shape index (κ2) is 9.83. The van der Waals surface area contributed by atoms with Gasteiger partial charge in [0.1, 0.15) is 0 Å². The van der Waals surface area contributed by atoms with Crippen molar-refractivity contribution in [2.45, 2.75) is 0 Å². The zero-order valence-corrected chi connectivity index (χ0v) is 14.8. The van der Waals surface area contributed by atoms with Gasteiger partial charge in [-0.05, 0) is 25.2 Å². The zero-order valence-electron chi connectivity index (χ0n) is 13.7. The van der Waals surface area contributed by atoms with Crippen LogP contribution in [0.4, 0.5) is 0 Å². The van der Waals surface area contributed by atoms with Crippen LogP contribution in [-0.2, 0) is 17.1 Å². The van der Waals surface area contributed by atoms with Crippen molar-refractivity contribution < 1.29 is 22.0 Å². The van der Waals surface area contributed by atoms with E-state index < -0.39 is 0 Å². The van der Waals surface area contributed by atoms with E-state index in [1.165, 1.54) is 17.7 Å². The van der Waals surface area contributed by atoms with Crippen molar-refractivity contribution in [1.82, 2.24) is 4.90 Å². The van der Waals surface area contributed by atoms with Crippen LogP contribution in [0.3, 0.4) is 0 Å². The molecule has 0 heterocycles. The van der Waals surface area contributed by atoms with Crippen LogP contribution in [0, 0.1) is 16.2 Å². The van der Waals surface area contributed by atoms with E-state index in [0.717, 1.165) is 17.7 Å². The summed E-state index contributed by atoms with van der Waals surface area (Å²) in [5, 5.41) is 10.6. The monoisotopic (exact) mass is 364 g/mol. The molecule has 0 N–H and O–H groups in total. The first-order valence-corrected chi connectivity index (χ1v) is 7.38. The van der Waals surface area contributed by atoms with Gasteiger partial charge in [-0.2, -0.15) is 30.4 Å². The number of hydrogen-bond donors (Lipinski definition) is 0. The van der Waals surface area contributed by atoms with Gasteiger partial charge in [-0.1, -0.05) is 30.4 Å². The van der Waals surface area contributed by atoms with Gasteiger partial charge in [0.2, 0.25) is 0 Å². The Kier molecular flexibility index (Phi) is 8.13. The van der Waals surface area contributed by atoms with Gasteiger partial charge in [0, 0.05) is 11.5 Å². The molecular formula is C19H20FeN2O2. The molecule has 4 nitrogen and oxygen atoms in total. The molecule has 0 spiro atoms. The quantitative estimate of drug-likeness (QED) is 0.356. The third-order valence-corrected chi connectivity index (χ3v) is 3.28. The topological polar surface area (TPSA) is 46.4 Å². The third-order valence-electron chi connectivity index (χ3n) is 3.28. The van der Waals surface area contributed by atoms with E-state index in [4.69, 9.17) is 0 Å². The molecular weight excluding hydrogens is 344 g/mol. The fourth-order valence-electron chi connectivity index (χ4n) is 2.23. The third kappa shape index (κ3) is 6.13. The van der Waals surface area contributed by atoms with E-state index in [9.17, 15) is 10.1 Å². The minimum absolute atomic E-state index is 0. The summed E-state index contributed by atoms with van der Waals surface area (Å²) in [6, 6.07) is 10.1.